The minimum absolute atomic E-state index is 0.161. The van der Waals surface area contributed by atoms with Gasteiger partial charge in [0.1, 0.15) is 0 Å². The zero-order chi connectivity index (χ0) is 16.2. The first kappa shape index (κ1) is 17.6. The van der Waals surface area contributed by atoms with Gasteiger partial charge in [-0.2, -0.15) is 9.40 Å². The molecule has 1 aromatic heterocycles. The highest BCUT2D eigenvalue weighted by atomic mass is 32.2. The average Bonchev–Trinajstić information content (AvgIpc) is 2.64. The van der Waals surface area contributed by atoms with Crippen LogP contribution in [0.3, 0.4) is 0 Å². The summed E-state index contributed by atoms with van der Waals surface area (Å²) in [5.41, 5.74) is 2.06. The minimum Gasteiger partial charge on any atom is -0.355 e. The molecule has 1 aromatic rings. The molecule has 0 bridgehead atoms. The Morgan fingerprint density at radius 2 is 2.10 bits per heavy atom. The molecule has 0 aromatic carbocycles. The highest BCUT2D eigenvalue weighted by molar-refractivity contribution is 7.88. The van der Waals surface area contributed by atoms with Crippen LogP contribution in [0.25, 0.3) is 0 Å². The number of aryl methyl sites for hydroxylation is 2. The van der Waals surface area contributed by atoms with Crippen molar-refractivity contribution in [3.8, 4) is 0 Å². The van der Waals surface area contributed by atoms with E-state index < -0.39 is 10.0 Å². The van der Waals surface area contributed by atoms with Crippen LogP contribution in [0.4, 0.5) is 0 Å². The average molecular weight is 316 g/mol. The number of aromatic nitrogens is 2. The molecular weight excluding hydrogens is 292 g/mol. The van der Waals surface area contributed by atoms with Crippen LogP contribution in [0.2, 0.25) is 0 Å². The molecule has 0 spiro atoms. The summed E-state index contributed by atoms with van der Waals surface area (Å²) in [6.45, 7) is 6.97. The van der Waals surface area contributed by atoms with Gasteiger partial charge in [-0.25, -0.2) is 8.42 Å². The van der Waals surface area contributed by atoms with E-state index in [9.17, 15) is 13.2 Å². The Balaban J connectivity index is 2.41. The summed E-state index contributed by atoms with van der Waals surface area (Å²) in [6.07, 6.45) is 1.08. The highest BCUT2D eigenvalue weighted by Gasteiger charge is 2.15. The molecule has 120 valence electrons. The first-order chi connectivity index (χ1) is 9.59. The largest absolute Gasteiger partial charge is 0.355 e. The second-order valence-electron chi connectivity index (χ2n) is 5.54. The molecule has 8 heteroatoms. The maximum Gasteiger partial charge on any atom is 0.235 e. The molecule has 0 fully saturated rings. The van der Waals surface area contributed by atoms with E-state index in [4.69, 9.17) is 0 Å². The van der Waals surface area contributed by atoms with Gasteiger partial charge in [-0.15, -0.1) is 0 Å². The van der Waals surface area contributed by atoms with Crippen molar-refractivity contribution < 1.29 is 13.2 Å². The number of likely N-dealkylation sites (N-methyl/N-ethyl adjacent to an activating group) is 1. The Kier molecular flexibility index (Phi) is 5.91. The van der Waals surface area contributed by atoms with E-state index in [0.717, 1.165) is 21.9 Å². The van der Waals surface area contributed by atoms with Crippen LogP contribution in [-0.2, 0) is 21.4 Å². The summed E-state index contributed by atoms with van der Waals surface area (Å²) >= 11 is 0. The van der Waals surface area contributed by atoms with Crippen LogP contribution in [-0.4, -0.2) is 54.8 Å². The molecule has 1 heterocycles. The van der Waals surface area contributed by atoms with Gasteiger partial charge in [-0.3, -0.25) is 9.48 Å². The third-order valence-electron chi connectivity index (χ3n) is 3.17. The Morgan fingerprint density at radius 3 is 2.57 bits per heavy atom. The number of sulfonamides is 1. The fourth-order valence-electron chi connectivity index (χ4n) is 1.88. The van der Waals surface area contributed by atoms with Gasteiger partial charge in [0.25, 0.3) is 0 Å². The molecule has 21 heavy (non-hydrogen) atoms. The van der Waals surface area contributed by atoms with Crippen molar-refractivity contribution in [2.75, 3.05) is 26.4 Å². The second kappa shape index (κ2) is 7.04. The number of hydrogen-bond acceptors (Lipinski definition) is 4. The van der Waals surface area contributed by atoms with E-state index in [2.05, 4.69) is 10.4 Å². The maximum absolute atomic E-state index is 11.7. The number of nitrogens with zero attached hydrogens (tertiary/aromatic N) is 3. The predicted octanol–water partition coefficient (Wildman–Crippen LogP) is 0.144. The smallest absolute Gasteiger partial charge is 0.235 e. The van der Waals surface area contributed by atoms with Gasteiger partial charge >= 0.3 is 0 Å². The van der Waals surface area contributed by atoms with Crippen molar-refractivity contribution in [1.82, 2.24) is 19.4 Å². The van der Waals surface area contributed by atoms with Crippen molar-refractivity contribution in [2.45, 2.75) is 27.3 Å². The van der Waals surface area contributed by atoms with Gasteiger partial charge in [0, 0.05) is 25.8 Å². The van der Waals surface area contributed by atoms with Crippen LogP contribution in [0.15, 0.2) is 6.07 Å². The number of nitrogens with one attached hydrogen (secondary N) is 1. The van der Waals surface area contributed by atoms with Crippen molar-refractivity contribution in [2.24, 2.45) is 5.92 Å². The van der Waals surface area contributed by atoms with E-state index in [0.29, 0.717) is 13.1 Å². The number of rotatable bonds is 7. The summed E-state index contributed by atoms with van der Waals surface area (Å²) < 4.78 is 25.4. The van der Waals surface area contributed by atoms with Crippen molar-refractivity contribution in [3.05, 3.63) is 17.5 Å². The quantitative estimate of drug-likeness (QED) is 0.776. The highest BCUT2D eigenvalue weighted by Crippen LogP contribution is 2.05. The molecule has 0 radical (unpaired) electrons. The summed E-state index contributed by atoms with van der Waals surface area (Å²) in [6, 6.07) is 2.01. The minimum atomic E-state index is -3.33. The molecule has 1 N–H and O–H groups in total. The second-order valence-corrected chi connectivity index (χ2v) is 7.63. The molecule has 0 saturated heterocycles. The predicted molar refractivity (Wildman–Crippen MR) is 81.3 cm³/mol. The number of amides is 1. The molecule has 1 rings (SSSR count). The van der Waals surface area contributed by atoms with E-state index >= 15 is 0 Å². The zero-order valence-electron chi connectivity index (χ0n) is 13.3. The van der Waals surface area contributed by atoms with E-state index in [1.165, 1.54) is 7.05 Å². The monoisotopic (exact) mass is 316 g/mol. The van der Waals surface area contributed by atoms with Gasteiger partial charge in [-0.1, -0.05) is 6.92 Å². The van der Waals surface area contributed by atoms with Crippen LogP contribution in [0, 0.1) is 19.8 Å². The molecule has 1 amide bonds. The van der Waals surface area contributed by atoms with Crippen molar-refractivity contribution >= 4 is 15.9 Å². The van der Waals surface area contributed by atoms with E-state index in [1.54, 1.807) is 0 Å². The van der Waals surface area contributed by atoms with Gasteiger partial charge in [0.15, 0.2) is 0 Å². The SMILES string of the molecule is Cc1cc(C)n(CC(C)CNC(=O)CN(C)S(C)(=O)=O)n1. The fourth-order valence-corrected chi connectivity index (χ4v) is 2.23. The van der Waals surface area contributed by atoms with E-state index in [1.807, 2.05) is 31.5 Å². The standard InChI is InChI=1S/C13H24N4O3S/c1-10(8-17-12(3)6-11(2)15-17)7-14-13(18)9-16(4)21(5,19)20/h6,10H,7-9H2,1-5H3,(H,14,18). The van der Waals surface area contributed by atoms with Gasteiger partial charge in [0.2, 0.25) is 15.9 Å². The zero-order valence-corrected chi connectivity index (χ0v) is 14.1. The molecule has 0 aliphatic heterocycles. The lowest BCUT2D eigenvalue weighted by Gasteiger charge is -2.16. The van der Waals surface area contributed by atoms with Crippen LogP contribution in [0.1, 0.15) is 18.3 Å². The summed E-state index contributed by atoms with van der Waals surface area (Å²) in [5, 5.41) is 7.12. The topological polar surface area (TPSA) is 84.3 Å². The summed E-state index contributed by atoms with van der Waals surface area (Å²) in [5.74, 6) is -0.0985. The first-order valence-corrected chi connectivity index (χ1v) is 8.63. The normalized spacial score (nSPS) is 13.4. The maximum atomic E-state index is 11.7. The van der Waals surface area contributed by atoms with Crippen LogP contribution in [0.5, 0.6) is 0 Å². The third kappa shape index (κ3) is 5.84. The molecule has 1 unspecified atom stereocenters. The van der Waals surface area contributed by atoms with Crippen molar-refractivity contribution in [3.63, 3.8) is 0 Å². The Hall–Kier alpha value is -1.41. The lowest BCUT2D eigenvalue weighted by molar-refractivity contribution is -0.121. The number of hydrogen-bond donors (Lipinski definition) is 1. The molecule has 1 atom stereocenters. The molecule has 0 aliphatic carbocycles. The lowest BCUT2D eigenvalue weighted by atomic mass is 10.2. The Labute approximate surface area is 126 Å². The Morgan fingerprint density at radius 1 is 1.48 bits per heavy atom. The van der Waals surface area contributed by atoms with Gasteiger partial charge in [0.05, 0.1) is 18.5 Å². The molecule has 7 nitrogen and oxygen atoms in total. The van der Waals surface area contributed by atoms with Crippen LogP contribution >= 0.6 is 0 Å². The number of carbonyl (C=O) groups is 1. The molecular formula is C13H24N4O3S. The van der Waals surface area contributed by atoms with Crippen LogP contribution < -0.4 is 5.32 Å². The molecule has 0 aliphatic rings. The van der Waals surface area contributed by atoms with E-state index in [-0.39, 0.29) is 18.4 Å². The van der Waals surface area contributed by atoms with Gasteiger partial charge < -0.3 is 5.32 Å². The third-order valence-corrected chi connectivity index (χ3v) is 4.43. The van der Waals surface area contributed by atoms with Gasteiger partial charge in [-0.05, 0) is 25.8 Å². The molecule has 0 saturated carbocycles. The first-order valence-electron chi connectivity index (χ1n) is 6.78. The fraction of sp³-hybridized carbons (Fsp3) is 0.692. The van der Waals surface area contributed by atoms with Crippen molar-refractivity contribution in [1.29, 1.82) is 0 Å². The lowest BCUT2D eigenvalue weighted by Crippen LogP contribution is -2.39. The number of carbonyl (C=O) groups excluding carboxylic acids is 1. The Bertz CT molecular complexity index is 595. The summed E-state index contributed by atoms with van der Waals surface area (Å²) in [7, 11) is -1.95. The summed E-state index contributed by atoms with van der Waals surface area (Å²) in [4.78, 5) is 11.7.